The lowest BCUT2D eigenvalue weighted by molar-refractivity contribution is -0.128. The maximum atomic E-state index is 13.0. The van der Waals surface area contributed by atoms with Gasteiger partial charge in [0.15, 0.2) is 0 Å². The van der Waals surface area contributed by atoms with E-state index in [-0.39, 0.29) is 17.9 Å². The van der Waals surface area contributed by atoms with Crippen LogP contribution >= 0.6 is 0 Å². The van der Waals surface area contributed by atoms with Crippen molar-refractivity contribution in [3.05, 3.63) is 41.5 Å². The average molecular weight is 397 g/mol. The summed E-state index contributed by atoms with van der Waals surface area (Å²) in [5, 5.41) is 7.81. The summed E-state index contributed by atoms with van der Waals surface area (Å²) in [6.45, 7) is 6.35. The molecule has 1 heterocycles. The molecular weight excluding hydrogens is 364 g/mol. The van der Waals surface area contributed by atoms with Gasteiger partial charge in [-0.15, -0.1) is 0 Å². The largest absolute Gasteiger partial charge is 0.497 e. The Bertz CT molecular complexity index is 860. The van der Waals surface area contributed by atoms with Gasteiger partial charge >= 0.3 is 0 Å². The molecule has 1 N–H and O–H groups in total. The Morgan fingerprint density at radius 2 is 1.90 bits per heavy atom. The standard InChI is InChI=1S/C23H32N4O2/c1-14(13-27-16(3)24-15(2)26-27)23(28)25-22-20-8-6-5-7-19(20)21(22)17-9-11-18(29-4)12-10-17/h9-12,14,19-22H,5-8,13H2,1-4H3,(H,25,28)/t14-,19-,20-,21+,22+/m1/s1. The monoisotopic (exact) mass is 396 g/mol. The first kappa shape index (κ1) is 19.9. The van der Waals surface area contributed by atoms with Gasteiger partial charge in [0.1, 0.15) is 17.4 Å². The Morgan fingerprint density at radius 3 is 2.52 bits per heavy atom. The third-order valence-corrected chi connectivity index (χ3v) is 6.85. The van der Waals surface area contributed by atoms with Gasteiger partial charge in [-0.3, -0.25) is 4.79 Å². The Kier molecular flexibility index (Phi) is 5.61. The van der Waals surface area contributed by atoms with Crippen molar-refractivity contribution in [1.29, 1.82) is 0 Å². The van der Waals surface area contributed by atoms with Crippen molar-refractivity contribution in [1.82, 2.24) is 20.1 Å². The lowest BCUT2D eigenvalue weighted by Gasteiger charge is -2.55. The Balaban J connectivity index is 1.47. The van der Waals surface area contributed by atoms with Gasteiger partial charge in [0.05, 0.1) is 19.6 Å². The average Bonchev–Trinajstić information content (AvgIpc) is 3.03. The van der Waals surface area contributed by atoms with E-state index in [1.54, 1.807) is 7.11 Å². The van der Waals surface area contributed by atoms with Crippen molar-refractivity contribution in [3.63, 3.8) is 0 Å². The number of aryl methyl sites for hydroxylation is 2. The molecule has 1 aromatic carbocycles. The highest BCUT2D eigenvalue weighted by Crippen LogP contribution is 2.54. The molecule has 6 nitrogen and oxygen atoms in total. The molecule has 2 fully saturated rings. The maximum absolute atomic E-state index is 13.0. The van der Waals surface area contributed by atoms with E-state index < -0.39 is 0 Å². The van der Waals surface area contributed by atoms with Crippen molar-refractivity contribution in [3.8, 4) is 5.75 Å². The first-order valence-corrected chi connectivity index (χ1v) is 10.8. The van der Waals surface area contributed by atoms with E-state index in [4.69, 9.17) is 4.74 Å². The number of rotatable bonds is 6. The van der Waals surface area contributed by atoms with Crippen molar-refractivity contribution in [2.24, 2.45) is 17.8 Å². The molecule has 1 aromatic heterocycles. The summed E-state index contributed by atoms with van der Waals surface area (Å²) in [4.78, 5) is 17.4. The van der Waals surface area contributed by atoms with Crippen LogP contribution in [0.4, 0.5) is 0 Å². The number of aromatic nitrogens is 3. The van der Waals surface area contributed by atoms with Gasteiger partial charge in [-0.25, -0.2) is 9.67 Å². The highest BCUT2D eigenvalue weighted by Gasteiger charge is 2.51. The van der Waals surface area contributed by atoms with Crippen molar-refractivity contribution in [2.75, 3.05) is 7.11 Å². The van der Waals surface area contributed by atoms with Gasteiger partial charge in [0, 0.05) is 12.0 Å². The van der Waals surface area contributed by atoms with E-state index in [9.17, 15) is 4.79 Å². The minimum atomic E-state index is -0.144. The number of ether oxygens (including phenoxy) is 1. The van der Waals surface area contributed by atoms with Crippen LogP contribution in [0.2, 0.25) is 0 Å². The number of nitrogens with one attached hydrogen (secondary N) is 1. The SMILES string of the molecule is COc1ccc([C@H]2[C@@H]3CCCC[C@H]3[C@@H]2NC(=O)[C@H](C)Cn2nc(C)nc2C)cc1. The van der Waals surface area contributed by atoms with Gasteiger partial charge in [0.25, 0.3) is 0 Å². The van der Waals surface area contributed by atoms with Crippen LogP contribution in [0.25, 0.3) is 0 Å². The molecule has 156 valence electrons. The third-order valence-electron chi connectivity index (χ3n) is 6.85. The number of methoxy groups -OCH3 is 1. The third kappa shape index (κ3) is 3.89. The molecule has 6 heteroatoms. The fourth-order valence-corrected chi connectivity index (χ4v) is 5.33. The summed E-state index contributed by atoms with van der Waals surface area (Å²) >= 11 is 0. The van der Waals surface area contributed by atoms with E-state index in [1.165, 1.54) is 31.2 Å². The zero-order valence-corrected chi connectivity index (χ0v) is 17.9. The molecule has 0 unspecified atom stereocenters. The fraction of sp³-hybridized carbons (Fsp3) is 0.609. The van der Waals surface area contributed by atoms with Gasteiger partial charge in [-0.1, -0.05) is 31.9 Å². The number of carbonyl (C=O) groups excluding carboxylic acids is 1. The van der Waals surface area contributed by atoms with Gasteiger partial charge in [0.2, 0.25) is 5.91 Å². The highest BCUT2D eigenvalue weighted by atomic mass is 16.5. The van der Waals surface area contributed by atoms with Gasteiger partial charge < -0.3 is 10.1 Å². The molecule has 0 bridgehead atoms. The van der Waals surface area contributed by atoms with Crippen LogP contribution in [0.15, 0.2) is 24.3 Å². The van der Waals surface area contributed by atoms with E-state index in [2.05, 4.69) is 27.5 Å². The number of amides is 1. The Labute approximate surface area is 173 Å². The molecule has 4 rings (SSSR count). The first-order chi connectivity index (χ1) is 14.0. The zero-order chi connectivity index (χ0) is 20.5. The topological polar surface area (TPSA) is 69.0 Å². The van der Waals surface area contributed by atoms with E-state index >= 15 is 0 Å². The smallest absolute Gasteiger partial charge is 0.224 e. The first-order valence-electron chi connectivity index (χ1n) is 10.8. The van der Waals surface area contributed by atoms with Crippen LogP contribution < -0.4 is 10.1 Å². The number of nitrogens with zero attached hydrogens (tertiary/aromatic N) is 3. The van der Waals surface area contributed by atoms with Gasteiger partial charge in [-0.2, -0.15) is 5.10 Å². The second-order valence-corrected chi connectivity index (χ2v) is 8.73. The summed E-state index contributed by atoms with van der Waals surface area (Å²) in [5.41, 5.74) is 1.31. The van der Waals surface area contributed by atoms with Crippen LogP contribution in [0.5, 0.6) is 5.75 Å². The lowest BCUT2D eigenvalue weighted by atomic mass is 9.53. The number of hydrogen-bond acceptors (Lipinski definition) is 4. The van der Waals surface area contributed by atoms with Crippen LogP contribution in [0.1, 0.15) is 55.7 Å². The van der Waals surface area contributed by atoms with Crippen molar-refractivity contribution < 1.29 is 9.53 Å². The summed E-state index contributed by atoms with van der Waals surface area (Å²) in [6, 6.07) is 8.62. The highest BCUT2D eigenvalue weighted by molar-refractivity contribution is 5.79. The summed E-state index contributed by atoms with van der Waals surface area (Å²) in [6.07, 6.45) is 5.06. The van der Waals surface area contributed by atoms with Crippen LogP contribution in [0, 0.1) is 31.6 Å². The van der Waals surface area contributed by atoms with Crippen LogP contribution in [-0.2, 0) is 11.3 Å². The second-order valence-electron chi connectivity index (χ2n) is 8.73. The number of carbonyl (C=O) groups is 1. The molecule has 29 heavy (non-hydrogen) atoms. The Hall–Kier alpha value is -2.37. The van der Waals surface area contributed by atoms with Crippen LogP contribution in [-0.4, -0.2) is 33.8 Å². The minimum Gasteiger partial charge on any atom is -0.497 e. The molecular formula is C23H32N4O2. The van der Waals surface area contributed by atoms with Crippen molar-refractivity contribution in [2.45, 2.75) is 65.0 Å². The molecule has 2 aromatic rings. The predicted octanol–water partition coefficient (Wildman–Crippen LogP) is 3.63. The summed E-state index contributed by atoms with van der Waals surface area (Å²) in [5.74, 6) is 4.13. The Morgan fingerprint density at radius 1 is 1.21 bits per heavy atom. The molecule has 2 aliphatic carbocycles. The van der Waals surface area contributed by atoms with Crippen molar-refractivity contribution >= 4 is 5.91 Å². The molecule has 0 saturated heterocycles. The summed E-state index contributed by atoms with van der Waals surface area (Å²) < 4.78 is 7.15. The normalized spacial score (nSPS) is 26.9. The number of benzene rings is 1. The lowest BCUT2D eigenvalue weighted by Crippen LogP contribution is -2.60. The molecule has 5 atom stereocenters. The molecule has 0 radical (unpaired) electrons. The molecule has 1 amide bonds. The zero-order valence-electron chi connectivity index (χ0n) is 17.9. The predicted molar refractivity (Wildman–Crippen MR) is 112 cm³/mol. The molecule has 0 spiro atoms. The quantitative estimate of drug-likeness (QED) is 0.810. The van der Waals surface area contributed by atoms with E-state index in [0.717, 1.165) is 17.4 Å². The summed E-state index contributed by atoms with van der Waals surface area (Å²) in [7, 11) is 1.69. The van der Waals surface area contributed by atoms with Gasteiger partial charge in [-0.05, 0) is 56.2 Å². The van der Waals surface area contributed by atoms with Crippen LogP contribution in [0.3, 0.4) is 0 Å². The van der Waals surface area contributed by atoms with E-state index in [1.807, 2.05) is 37.6 Å². The van der Waals surface area contributed by atoms with E-state index in [0.29, 0.717) is 24.3 Å². The molecule has 2 aliphatic rings. The molecule has 0 aliphatic heterocycles. The number of hydrogen-bond donors (Lipinski definition) is 1. The maximum Gasteiger partial charge on any atom is 0.224 e. The second kappa shape index (κ2) is 8.17. The fourth-order valence-electron chi connectivity index (χ4n) is 5.33. The number of fused-ring (bicyclic) bond motifs is 1. The molecule has 2 saturated carbocycles. The minimum absolute atomic E-state index is 0.116.